The topological polar surface area (TPSA) is 102 Å². The molecule has 34 heavy (non-hydrogen) atoms. The van der Waals surface area contributed by atoms with Crippen molar-refractivity contribution in [2.24, 2.45) is 0 Å². The summed E-state index contributed by atoms with van der Waals surface area (Å²) >= 11 is 1.52. The van der Waals surface area contributed by atoms with Crippen LogP contribution in [0, 0.1) is 13.8 Å². The van der Waals surface area contributed by atoms with E-state index in [0.717, 1.165) is 10.6 Å². The molecule has 0 atom stereocenters. The molecule has 0 saturated carbocycles. The number of hydrogen-bond donors (Lipinski definition) is 0. The number of aryl methyl sites for hydroxylation is 2. The zero-order chi connectivity index (χ0) is 23.9. The lowest BCUT2D eigenvalue weighted by Gasteiger charge is -2.33. The first-order chi connectivity index (χ1) is 16.4. The maximum Gasteiger partial charge on any atom is 0.257 e. The summed E-state index contributed by atoms with van der Waals surface area (Å²) in [7, 11) is -3.75. The number of carbonyl (C=O) groups is 1. The van der Waals surface area contributed by atoms with Gasteiger partial charge in [0.1, 0.15) is 16.3 Å². The van der Waals surface area contributed by atoms with Gasteiger partial charge in [-0.25, -0.2) is 13.1 Å². The van der Waals surface area contributed by atoms with Crippen LogP contribution < -0.4 is 0 Å². The summed E-state index contributed by atoms with van der Waals surface area (Å²) < 4.78 is 34.4. The molecule has 1 aliphatic rings. The van der Waals surface area contributed by atoms with E-state index >= 15 is 0 Å². The largest absolute Gasteiger partial charge is 0.360 e. The van der Waals surface area contributed by atoms with Gasteiger partial charge < -0.3 is 9.42 Å². The minimum atomic E-state index is -3.75. The van der Waals surface area contributed by atoms with Crippen LogP contribution in [0.25, 0.3) is 16.3 Å². The van der Waals surface area contributed by atoms with E-state index in [1.807, 2.05) is 47.8 Å². The Balaban J connectivity index is 1.39. The van der Waals surface area contributed by atoms with Crippen molar-refractivity contribution in [1.82, 2.24) is 24.1 Å². The van der Waals surface area contributed by atoms with Crippen molar-refractivity contribution in [1.29, 1.82) is 0 Å². The fraction of sp³-hybridized carbons (Fsp3) is 0.261. The van der Waals surface area contributed by atoms with Crippen molar-refractivity contribution in [3.63, 3.8) is 0 Å². The van der Waals surface area contributed by atoms with E-state index in [4.69, 9.17) is 9.62 Å². The van der Waals surface area contributed by atoms with E-state index in [9.17, 15) is 13.2 Å². The summed E-state index contributed by atoms with van der Waals surface area (Å²) in [6, 6.07) is 13.5. The van der Waals surface area contributed by atoms with Crippen LogP contribution >= 0.6 is 11.3 Å². The van der Waals surface area contributed by atoms with Gasteiger partial charge in [-0.1, -0.05) is 29.4 Å². The summed E-state index contributed by atoms with van der Waals surface area (Å²) in [5, 5.41) is 10.4. The molecule has 5 rings (SSSR count). The molecule has 4 aromatic rings. The molecule has 176 valence electrons. The summed E-state index contributed by atoms with van der Waals surface area (Å²) in [6.07, 6.45) is 1.75. The number of nitrogens with zero attached hydrogens (tertiary/aromatic N) is 5. The van der Waals surface area contributed by atoms with Crippen LogP contribution in [0.2, 0.25) is 0 Å². The van der Waals surface area contributed by atoms with Crippen molar-refractivity contribution in [2.45, 2.75) is 18.7 Å². The predicted molar refractivity (Wildman–Crippen MR) is 128 cm³/mol. The number of amides is 1. The average molecular weight is 498 g/mol. The normalized spacial score (nSPS) is 15.1. The average Bonchev–Trinajstić information content (AvgIpc) is 3.59. The molecular formula is C23H23N5O4S2. The van der Waals surface area contributed by atoms with Crippen LogP contribution in [0.5, 0.6) is 0 Å². The van der Waals surface area contributed by atoms with Gasteiger partial charge in [0.05, 0.1) is 16.1 Å². The smallest absolute Gasteiger partial charge is 0.257 e. The molecule has 11 heteroatoms. The third kappa shape index (κ3) is 3.95. The molecule has 1 fully saturated rings. The molecule has 1 saturated heterocycles. The number of carbonyl (C=O) groups excluding carboxylic acids is 1. The Kier molecular flexibility index (Phi) is 5.84. The summed E-state index contributed by atoms with van der Waals surface area (Å²) in [4.78, 5) is 16.2. The number of rotatable bonds is 5. The highest BCUT2D eigenvalue weighted by Crippen LogP contribution is 2.30. The highest BCUT2D eigenvalue weighted by Gasteiger charge is 2.35. The Hall–Kier alpha value is -3.28. The maximum absolute atomic E-state index is 13.5. The van der Waals surface area contributed by atoms with Crippen LogP contribution in [-0.4, -0.2) is 64.6 Å². The first-order valence-electron chi connectivity index (χ1n) is 10.8. The molecule has 1 aliphatic heterocycles. The molecule has 0 unspecified atom stereocenters. The molecule has 4 heterocycles. The Morgan fingerprint density at radius 3 is 2.38 bits per heavy atom. The molecule has 0 N–H and O–H groups in total. The van der Waals surface area contributed by atoms with Gasteiger partial charge in [0.2, 0.25) is 10.0 Å². The Morgan fingerprint density at radius 1 is 1.03 bits per heavy atom. The first-order valence-corrected chi connectivity index (χ1v) is 13.1. The molecule has 3 aromatic heterocycles. The lowest BCUT2D eigenvalue weighted by atomic mass is 10.2. The third-order valence-corrected chi connectivity index (χ3v) is 8.83. The van der Waals surface area contributed by atoms with E-state index in [2.05, 4.69) is 5.16 Å². The van der Waals surface area contributed by atoms with Crippen molar-refractivity contribution < 1.29 is 17.7 Å². The number of para-hydroxylation sites is 1. The highest BCUT2D eigenvalue weighted by molar-refractivity contribution is 7.89. The van der Waals surface area contributed by atoms with Gasteiger partial charge in [0, 0.05) is 32.4 Å². The SMILES string of the molecule is Cc1noc(C)c1S(=O)(=O)N1CCN(C(=O)c2cn(-c3ccccc3)nc2-c2cccs2)CC1. The molecule has 0 aliphatic carbocycles. The van der Waals surface area contributed by atoms with E-state index in [-0.39, 0.29) is 42.7 Å². The molecular weight excluding hydrogens is 474 g/mol. The standard InChI is InChI=1S/C23H23N5O4S2/c1-16-22(17(2)32-25-16)34(30,31)27-12-10-26(11-13-27)23(29)19-15-28(18-7-4-3-5-8-18)24-21(19)20-9-6-14-33-20/h3-9,14-15H,10-13H2,1-2H3. The Labute approximate surface area is 201 Å². The van der Waals surface area contributed by atoms with Gasteiger partial charge in [-0.3, -0.25) is 4.79 Å². The van der Waals surface area contributed by atoms with Crippen molar-refractivity contribution in [3.05, 3.63) is 71.1 Å². The van der Waals surface area contributed by atoms with Crippen molar-refractivity contribution in [3.8, 4) is 16.3 Å². The monoisotopic (exact) mass is 497 g/mol. The van der Waals surface area contributed by atoms with Gasteiger partial charge in [0.25, 0.3) is 5.91 Å². The number of piperazine rings is 1. The molecule has 0 bridgehead atoms. The quantitative estimate of drug-likeness (QED) is 0.419. The highest BCUT2D eigenvalue weighted by atomic mass is 32.2. The molecule has 9 nitrogen and oxygen atoms in total. The van der Waals surface area contributed by atoms with E-state index < -0.39 is 10.0 Å². The summed E-state index contributed by atoms with van der Waals surface area (Å²) in [6.45, 7) is 4.14. The zero-order valence-electron chi connectivity index (χ0n) is 18.7. The van der Waals surface area contributed by atoms with Crippen LogP contribution in [0.3, 0.4) is 0 Å². The third-order valence-electron chi connectivity index (χ3n) is 5.81. The minimum absolute atomic E-state index is 0.108. The van der Waals surface area contributed by atoms with E-state index in [1.165, 1.54) is 15.6 Å². The van der Waals surface area contributed by atoms with Crippen molar-refractivity contribution >= 4 is 27.3 Å². The number of thiophene rings is 1. The molecule has 1 amide bonds. The van der Waals surface area contributed by atoms with Crippen LogP contribution in [0.4, 0.5) is 0 Å². The number of hydrogen-bond acceptors (Lipinski definition) is 7. The van der Waals surface area contributed by atoms with Gasteiger partial charge in [-0.2, -0.15) is 9.40 Å². The molecule has 0 radical (unpaired) electrons. The van der Waals surface area contributed by atoms with E-state index in [1.54, 1.807) is 29.6 Å². The number of benzene rings is 1. The van der Waals surface area contributed by atoms with Gasteiger partial charge >= 0.3 is 0 Å². The zero-order valence-corrected chi connectivity index (χ0v) is 20.3. The Bertz CT molecular complexity index is 1400. The lowest BCUT2D eigenvalue weighted by Crippen LogP contribution is -2.50. The number of aromatic nitrogens is 3. The van der Waals surface area contributed by atoms with Crippen molar-refractivity contribution in [2.75, 3.05) is 26.2 Å². The maximum atomic E-state index is 13.5. The number of sulfonamides is 1. The fourth-order valence-electron chi connectivity index (χ4n) is 4.11. The van der Waals surface area contributed by atoms with E-state index in [0.29, 0.717) is 17.0 Å². The Morgan fingerprint density at radius 2 is 1.76 bits per heavy atom. The first kappa shape index (κ1) is 22.5. The summed E-state index contributed by atoms with van der Waals surface area (Å²) in [5.74, 6) is 0.102. The van der Waals surface area contributed by atoms with Gasteiger partial charge in [-0.05, 0) is 37.4 Å². The second kappa shape index (κ2) is 8.82. The second-order valence-corrected chi connectivity index (χ2v) is 10.8. The van der Waals surface area contributed by atoms with Crippen LogP contribution in [-0.2, 0) is 10.0 Å². The molecule has 1 aromatic carbocycles. The lowest BCUT2D eigenvalue weighted by molar-refractivity contribution is 0.0698. The van der Waals surface area contributed by atoms with Crippen LogP contribution in [0.1, 0.15) is 21.8 Å². The van der Waals surface area contributed by atoms with Crippen LogP contribution in [0.15, 0.2) is 63.5 Å². The minimum Gasteiger partial charge on any atom is -0.360 e. The fourth-order valence-corrected chi connectivity index (χ4v) is 6.55. The molecule has 0 spiro atoms. The van der Waals surface area contributed by atoms with Gasteiger partial charge in [0.15, 0.2) is 5.76 Å². The van der Waals surface area contributed by atoms with Gasteiger partial charge in [-0.15, -0.1) is 11.3 Å². The second-order valence-electron chi connectivity index (χ2n) is 8.00. The predicted octanol–water partition coefficient (Wildman–Crippen LogP) is 3.35. The summed E-state index contributed by atoms with van der Waals surface area (Å²) in [5.41, 5.74) is 2.31.